The SMILES string of the molecule is CC(C)(C)c1cc(CCCOc2cccnc2)cc(C(C)(C)C)c1O. The quantitative estimate of drug-likeness (QED) is 0.741. The first-order valence-electron chi connectivity index (χ1n) is 8.99. The van der Waals surface area contributed by atoms with Crippen LogP contribution in [0.15, 0.2) is 36.7 Å². The van der Waals surface area contributed by atoms with Gasteiger partial charge in [-0.1, -0.05) is 53.7 Å². The average Bonchev–Trinajstić information content (AvgIpc) is 2.51. The van der Waals surface area contributed by atoms with Crippen LogP contribution in [0.25, 0.3) is 0 Å². The molecule has 1 heterocycles. The predicted molar refractivity (Wildman–Crippen MR) is 104 cm³/mol. The lowest BCUT2D eigenvalue weighted by molar-refractivity contribution is 0.309. The third-order valence-corrected chi connectivity index (χ3v) is 4.30. The number of phenolic OH excluding ortho intramolecular Hbond substituents is 1. The maximum Gasteiger partial charge on any atom is 0.137 e. The highest BCUT2D eigenvalue weighted by Crippen LogP contribution is 2.39. The van der Waals surface area contributed by atoms with Crippen molar-refractivity contribution < 1.29 is 9.84 Å². The van der Waals surface area contributed by atoms with Crippen LogP contribution in [-0.2, 0) is 17.3 Å². The Morgan fingerprint density at radius 1 is 1.00 bits per heavy atom. The van der Waals surface area contributed by atoms with Crippen LogP contribution in [0, 0.1) is 0 Å². The third-order valence-electron chi connectivity index (χ3n) is 4.30. The number of nitrogens with zero attached hydrogens (tertiary/aromatic N) is 1. The molecular weight excluding hydrogens is 310 g/mol. The molecule has 0 amide bonds. The summed E-state index contributed by atoms with van der Waals surface area (Å²) in [6.07, 6.45) is 5.32. The molecule has 1 N–H and O–H groups in total. The van der Waals surface area contributed by atoms with Crippen LogP contribution in [0.4, 0.5) is 0 Å². The third kappa shape index (κ3) is 5.22. The van der Waals surface area contributed by atoms with Gasteiger partial charge in [0.1, 0.15) is 11.5 Å². The van der Waals surface area contributed by atoms with Crippen molar-refractivity contribution in [1.29, 1.82) is 0 Å². The molecule has 1 aromatic heterocycles. The van der Waals surface area contributed by atoms with E-state index in [0.29, 0.717) is 12.4 Å². The van der Waals surface area contributed by atoms with Gasteiger partial charge in [-0.05, 0) is 52.5 Å². The number of hydrogen-bond donors (Lipinski definition) is 1. The lowest BCUT2D eigenvalue weighted by atomic mass is 9.78. The molecule has 2 rings (SSSR count). The second kappa shape index (κ2) is 7.47. The number of aromatic nitrogens is 1. The Bertz CT molecular complexity index is 659. The molecule has 1 aromatic carbocycles. The Hall–Kier alpha value is -2.03. The van der Waals surface area contributed by atoms with E-state index in [4.69, 9.17) is 4.74 Å². The molecule has 0 fully saturated rings. The fourth-order valence-corrected chi connectivity index (χ4v) is 2.88. The maximum atomic E-state index is 10.8. The highest BCUT2D eigenvalue weighted by atomic mass is 16.5. The molecule has 0 atom stereocenters. The molecular formula is C22H31NO2. The fraction of sp³-hybridized carbons (Fsp3) is 0.500. The van der Waals surface area contributed by atoms with E-state index in [1.807, 2.05) is 12.1 Å². The number of benzene rings is 1. The summed E-state index contributed by atoms with van der Waals surface area (Å²) in [5.41, 5.74) is 3.10. The molecule has 0 saturated carbocycles. The topological polar surface area (TPSA) is 42.4 Å². The zero-order valence-electron chi connectivity index (χ0n) is 16.4. The van der Waals surface area contributed by atoms with Gasteiger partial charge in [-0.2, -0.15) is 0 Å². The number of rotatable bonds is 5. The first-order valence-corrected chi connectivity index (χ1v) is 8.99. The predicted octanol–water partition coefficient (Wildman–Crippen LogP) is 5.39. The largest absolute Gasteiger partial charge is 0.507 e. The van der Waals surface area contributed by atoms with Crippen LogP contribution in [0.2, 0.25) is 0 Å². The van der Waals surface area contributed by atoms with Gasteiger partial charge < -0.3 is 9.84 Å². The van der Waals surface area contributed by atoms with Crippen molar-refractivity contribution in [2.45, 2.75) is 65.2 Å². The Balaban J connectivity index is 2.14. The van der Waals surface area contributed by atoms with Crippen molar-refractivity contribution in [3.05, 3.63) is 53.3 Å². The molecule has 3 nitrogen and oxygen atoms in total. The van der Waals surface area contributed by atoms with E-state index in [2.05, 4.69) is 58.7 Å². The standard InChI is InChI=1S/C22H31NO2/c1-21(2,3)18-13-16(14-19(20(18)24)22(4,5)6)9-8-12-25-17-10-7-11-23-15-17/h7,10-11,13-15,24H,8-9,12H2,1-6H3. The first kappa shape index (κ1) is 19.3. The molecule has 0 aliphatic rings. The van der Waals surface area contributed by atoms with Crippen molar-refractivity contribution in [3.63, 3.8) is 0 Å². The Morgan fingerprint density at radius 3 is 2.08 bits per heavy atom. The summed E-state index contributed by atoms with van der Waals surface area (Å²) in [5.74, 6) is 1.24. The minimum atomic E-state index is -0.0910. The zero-order valence-corrected chi connectivity index (χ0v) is 16.4. The molecule has 0 aliphatic carbocycles. The van der Waals surface area contributed by atoms with Crippen molar-refractivity contribution >= 4 is 0 Å². The van der Waals surface area contributed by atoms with Crippen molar-refractivity contribution in [1.82, 2.24) is 4.98 Å². The minimum Gasteiger partial charge on any atom is -0.507 e. The number of aryl methyl sites for hydroxylation is 1. The van der Waals surface area contributed by atoms with E-state index in [1.54, 1.807) is 12.4 Å². The number of ether oxygens (including phenoxy) is 1. The molecule has 0 radical (unpaired) electrons. The summed E-state index contributed by atoms with van der Waals surface area (Å²) in [4.78, 5) is 4.06. The van der Waals surface area contributed by atoms with Crippen LogP contribution in [0.5, 0.6) is 11.5 Å². The summed E-state index contributed by atoms with van der Waals surface area (Å²) < 4.78 is 5.73. The summed E-state index contributed by atoms with van der Waals surface area (Å²) >= 11 is 0. The maximum absolute atomic E-state index is 10.8. The van der Waals surface area contributed by atoms with Gasteiger partial charge in [-0.3, -0.25) is 4.98 Å². The first-order chi connectivity index (χ1) is 11.6. The smallest absolute Gasteiger partial charge is 0.137 e. The van der Waals surface area contributed by atoms with Crippen LogP contribution in [0.3, 0.4) is 0 Å². The van der Waals surface area contributed by atoms with Crippen LogP contribution >= 0.6 is 0 Å². The number of phenols is 1. The van der Waals surface area contributed by atoms with E-state index in [-0.39, 0.29) is 10.8 Å². The lowest BCUT2D eigenvalue weighted by Gasteiger charge is -2.28. The van der Waals surface area contributed by atoms with Gasteiger partial charge in [0.2, 0.25) is 0 Å². The average molecular weight is 341 g/mol. The van der Waals surface area contributed by atoms with Crippen molar-refractivity contribution in [2.24, 2.45) is 0 Å². The van der Waals surface area contributed by atoms with Gasteiger partial charge in [0.05, 0.1) is 12.8 Å². The second-order valence-corrected chi connectivity index (χ2v) is 8.68. The molecule has 25 heavy (non-hydrogen) atoms. The highest BCUT2D eigenvalue weighted by Gasteiger charge is 2.26. The van der Waals surface area contributed by atoms with Gasteiger partial charge in [0, 0.05) is 6.20 Å². The van der Waals surface area contributed by atoms with Crippen molar-refractivity contribution in [3.8, 4) is 11.5 Å². The molecule has 3 heteroatoms. The van der Waals surface area contributed by atoms with Crippen LogP contribution in [-0.4, -0.2) is 16.7 Å². The summed E-state index contributed by atoms with van der Waals surface area (Å²) in [5, 5.41) is 10.8. The highest BCUT2D eigenvalue weighted by molar-refractivity contribution is 5.49. The van der Waals surface area contributed by atoms with Gasteiger partial charge in [0.25, 0.3) is 0 Å². The monoisotopic (exact) mass is 341 g/mol. The van der Waals surface area contributed by atoms with Gasteiger partial charge in [0.15, 0.2) is 0 Å². The molecule has 0 aliphatic heterocycles. The molecule has 0 bridgehead atoms. The summed E-state index contributed by atoms with van der Waals surface area (Å²) in [6.45, 7) is 13.5. The number of hydrogen-bond acceptors (Lipinski definition) is 3. The van der Waals surface area contributed by atoms with E-state index < -0.39 is 0 Å². The van der Waals surface area contributed by atoms with Gasteiger partial charge >= 0.3 is 0 Å². The normalized spacial score (nSPS) is 12.2. The van der Waals surface area contributed by atoms with E-state index >= 15 is 0 Å². The fourth-order valence-electron chi connectivity index (χ4n) is 2.88. The molecule has 2 aromatic rings. The molecule has 0 spiro atoms. The Morgan fingerprint density at radius 2 is 1.60 bits per heavy atom. The van der Waals surface area contributed by atoms with Gasteiger partial charge in [-0.25, -0.2) is 0 Å². The Kier molecular flexibility index (Phi) is 5.76. The van der Waals surface area contributed by atoms with Crippen LogP contribution < -0.4 is 4.74 Å². The zero-order chi connectivity index (χ0) is 18.7. The summed E-state index contributed by atoms with van der Waals surface area (Å²) in [6, 6.07) is 8.09. The summed E-state index contributed by atoms with van der Waals surface area (Å²) in [7, 11) is 0. The molecule has 136 valence electrons. The van der Waals surface area contributed by atoms with Crippen molar-refractivity contribution in [2.75, 3.05) is 6.61 Å². The van der Waals surface area contributed by atoms with Gasteiger partial charge in [-0.15, -0.1) is 0 Å². The lowest BCUT2D eigenvalue weighted by Crippen LogP contribution is -2.18. The number of pyridine rings is 1. The number of aromatic hydroxyl groups is 1. The van der Waals surface area contributed by atoms with E-state index in [9.17, 15) is 5.11 Å². The Labute approximate surface area is 152 Å². The van der Waals surface area contributed by atoms with E-state index in [1.165, 1.54) is 5.56 Å². The molecule has 0 saturated heterocycles. The van der Waals surface area contributed by atoms with Crippen LogP contribution in [0.1, 0.15) is 64.7 Å². The molecule has 0 unspecified atom stereocenters. The second-order valence-electron chi connectivity index (χ2n) is 8.68. The minimum absolute atomic E-state index is 0.0910. The van der Waals surface area contributed by atoms with E-state index in [0.717, 1.165) is 29.7 Å².